The molecule has 1 saturated heterocycles. The summed E-state index contributed by atoms with van der Waals surface area (Å²) in [6, 6.07) is 13.3. The maximum absolute atomic E-state index is 13.2. The van der Waals surface area contributed by atoms with Crippen LogP contribution in [0, 0.1) is 5.82 Å². The zero-order valence-electron chi connectivity index (χ0n) is 18.3. The Balaban J connectivity index is 1.64. The lowest BCUT2D eigenvalue weighted by Crippen LogP contribution is -2.53. The van der Waals surface area contributed by atoms with Gasteiger partial charge in [0.15, 0.2) is 11.6 Å². The number of ether oxygens (including phenoxy) is 1. The van der Waals surface area contributed by atoms with Crippen molar-refractivity contribution in [2.24, 2.45) is 0 Å². The molecule has 1 aromatic heterocycles. The number of alkyl halides is 3. The van der Waals surface area contributed by atoms with Gasteiger partial charge in [0.25, 0.3) is 0 Å². The number of hydrogen-bond donors (Lipinski definition) is 0. The minimum absolute atomic E-state index is 0.0464. The Kier molecular flexibility index (Phi) is 6.36. The van der Waals surface area contributed by atoms with Crippen molar-refractivity contribution in [2.45, 2.75) is 31.4 Å². The Bertz CT molecular complexity index is 1210. The molecule has 0 amide bonds. The first-order valence-corrected chi connectivity index (χ1v) is 10.7. The summed E-state index contributed by atoms with van der Waals surface area (Å²) in [6.45, 7) is 1.98. The fourth-order valence-electron chi connectivity index (χ4n) is 3.98. The Morgan fingerprint density at radius 2 is 1.68 bits per heavy atom. The fraction of sp³-hybridized carbons (Fsp3) is 0.269. The molecule has 8 heteroatoms. The van der Waals surface area contributed by atoms with Crippen LogP contribution in [0.1, 0.15) is 40.5 Å². The van der Waals surface area contributed by atoms with Crippen molar-refractivity contribution >= 4 is 11.6 Å². The maximum atomic E-state index is 13.2. The molecule has 2 heterocycles. The number of carbonyl (C=O) groups excluding carboxylic acids is 2. The van der Waals surface area contributed by atoms with Gasteiger partial charge in [-0.25, -0.2) is 4.39 Å². The van der Waals surface area contributed by atoms with Gasteiger partial charge in [-0.3, -0.25) is 14.6 Å². The molecule has 0 N–H and O–H groups in total. The molecule has 0 aliphatic carbocycles. The fourth-order valence-corrected chi connectivity index (χ4v) is 3.98. The average molecular weight is 471 g/mol. The molecule has 0 saturated carbocycles. The van der Waals surface area contributed by atoms with E-state index in [2.05, 4.69) is 4.98 Å². The van der Waals surface area contributed by atoms with Crippen LogP contribution in [0.25, 0.3) is 11.1 Å². The predicted octanol–water partition coefficient (Wildman–Crippen LogP) is 5.58. The van der Waals surface area contributed by atoms with Gasteiger partial charge in [-0.05, 0) is 34.9 Å². The Morgan fingerprint density at radius 1 is 1.03 bits per heavy atom. The molecule has 2 aromatic carbocycles. The largest absolute Gasteiger partial charge is 0.433 e. The van der Waals surface area contributed by atoms with Gasteiger partial charge in [-0.15, -0.1) is 0 Å². The van der Waals surface area contributed by atoms with Gasteiger partial charge in [0.1, 0.15) is 16.9 Å². The van der Waals surface area contributed by atoms with Gasteiger partial charge in [0.05, 0.1) is 13.2 Å². The highest BCUT2D eigenvalue weighted by atomic mass is 19.4. The van der Waals surface area contributed by atoms with E-state index in [0.717, 1.165) is 12.3 Å². The summed E-state index contributed by atoms with van der Waals surface area (Å²) in [5.41, 5.74) is 0.179. The monoisotopic (exact) mass is 471 g/mol. The van der Waals surface area contributed by atoms with Crippen LogP contribution in [0.4, 0.5) is 17.6 Å². The molecule has 0 radical (unpaired) electrons. The Labute approximate surface area is 193 Å². The molecule has 0 bridgehead atoms. The van der Waals surface area contributed by atoms with Gasteiger partial charge in [-0.1, -0.05) is 43.3 Å². The van der Waals surface area contributed by atoms with Crippen LogP contribution in [-0.2, 0) is 27.5 Å². The van der Waals surface area contributed by atoms with E-state index < -0.39 is 23.1 Å². The number of benzene rings is 2. The second kappa shape index (κ2) is 9.10. The third kappa shape index (κ3) is 4.50. The first kappa shape index (κ1) is 23.8. The highest BCUT2D eigenvalue weighted by molar-refractivity contribution is 6.02. The molecule has 1 aliphatic heterocycles. The first-order valence-electron chi connectivity index (χ1n) is 10.7. The standard InChI is InChI=1S/C26H21F4NO3/c1-2-22(32)20-12-23(26(28,29)30)31-13-21(20)17-5-7-18(8-6-17)25(14-34-15-25)24(33)11-16-3-9-19(27)10-4-16/h3-10,12-13H,2,11,14-15H2,1H3. The zero-order chi connectivity index (χ0) is 24.5. The molecule has 0 atom stereocenters. The van der Waals surface area contributed by atoms with E-state index in [1.54, 1.807) is 43.3 Å². The lowest BCUT2D eigenvalue weighted by atomic mass is 9.73. The average Bonchev–Trinajstić information content (AvgIpc) is 2.79. The van der Waals surface area contributed by atoms with E-state index >= 15 is 0 Å². The summed E-state index contributed by atoms with van der Waals surface area (Å²) >= 11 is 0. The summed E-state index contributed by atoms with van der Waals surface area (Å²) in [6.07, 6.45) is -3.44. The van der Waals surface area contributed by atoms with Crippen LogP contribution < -0.4 is 0 Å². The van der Waals surface area contributed by atoms with Gasteiger partial charge < -0.3 is 4.74 Å². The smallest absolute Gasteiger partial charge is 0.378 e. The molecule has 4 rings (SSSR count). The number of nitrogens with zero attached hydrogens (tertiary/aromatic N) is 1. The lowest BCUT2D eigenvalue weighted by Gasteiger charge is -2.40. The molecule has 1 aliphatic rings. The number of carbonyl (C=O) groups is 2. The molecular weight excluding hydrogens is 450 g/mol. The van der Waals surface area contributed by atoms with E-state index in [1.165, 1.54) is 12.1 Å². The summed E-state index contributed by atoms with van der Waals surface area (Å²) in [4.78, 5) is 29.0. The van der Waals surface area contributed by atoms with Crippen LogP contribution >= 0.6 is 0 Å². The van der Waals surface area contributed by atoms with E-state index in [9.17, 15) is 27.2 Å². The van der Waals surface area contributed by atoms with Crippen molar-refractivity contribution in [2.75, 3.05) is 13.2 Å². The second-order valence-corrected chi connectivity index (χ2v) is 8.27. The third-order valence-corrected chi connectivity index (χ3v) is 6.07. The molecule has 3 aromatic rings. The third-order valence-electron chi connectivity index (χ3n) is 6.07. The summed E-state index contributed by atoms with van der Waals surface area (Å²) in [5.74, 6) is -0.881. The van der Waals surface area contributed by atoms with Gasteiger partial charge in [-0.2, -0.15) is 13.2 Å². The molecule has 176 valence electrons. The summed E-state index contributed by atoms with van der Waals surface area (Å²) in [7, 11) is 0. The minimum atomic E-state index is -4.66. The molecule has 1 fully saturated rings. The van der Waals surface area contributed by atoms with Crippen molar-refractivity contribution in [1.29, 1.82) is 0 Å². The second-order valence-electron chi connectivity index (χ2n) is 8.27. The van der Waals surface area contributed by atoms with Crippen LogP contribution in [0.5, 0.6) is 0 Å². The summed E-state index contributed by atoms with van der Waals surface area (Å²) < 4.78 is 57.9. The highest BCUT2D eigenvalue weighted by Crippen LogP contribution is 2.37. The van der Waals surface area contributed by atoms with Crippen LogP contribution in [0.2, 0.25) is 0 Å². The summed E-state index contributed by atoms with van der Waals surface area (Å²) in [5, 5.41) is 0. The van der Waals surface area contributed by atoms with Crippen molar-refractivity contribution in [3.05, 3.63) is 89.0 Å². The molecular formula is C26H21F4NO3. The maximum Gasteiger partial charge on any atom is 0.433 e. The predicted molar refractivity (Wildman–Crippen MR) is 117 cm³/mol. The SMILES string of the molecule is CCC(=O)c1cc(C(F)(F)F)ncc1-c1ccc(C2(C(=O)Cc3ccc(F)cc3)COC2)cc1. The van der Waals surface area contributed by atoms with E-state index in [4.69, 9.17) is 4.74 Å². The molecule has 34 heavy (non-hydrogen) atoms. The van der Waals surface area contributed by atoms with E-state index in [-0.39, 0.29) is 43.2 Å². The van der Waals surface area contributed by atoms with Crippen LogP contribution in [0.3, 0.4) is 0 Å². The van der Waals surface area contributed by atoms with E-state index in [1.807, 2.05) is 0 Å². The number of pyridine rings is 1. The van der Waals surface area contributed by atoms with Gasteiger partial charge in [0.2, 0.25) is 0 Å². The number of hydrogen-bond acceptors (Lipinski definition) is 4. The Morgan fingerprint density at radius 3 is 2.21 bits per heavy atom. The minimum Gasteiger partial charge on any atom is -0.378 e. The van der Waals surface area contributed by atoms with Crippen LogP contribution in [0.15, 0.2) is 60.8 Å². The van der Waals surface area contributed by atoms with Gasteiger partial charge >= 0.3 is 6.18 Å². The van der Waals surface area contributed by atoms with Crippen molar-refractivity contribution < 1.29 is 31.9 Å². The topological polar surface area (TPSA) is 56.3 Å². The molecule has 0 unspecified atom stereocenters. The number of rotatable bonds is 7. The normalized spacial score (nSPS) is 15.0. The Hall–Kier alpha value is -3.39. The number of Topliss-reactive ketones (excluding diaryl/α,β-unsaturated/α-hetero) is 2. The van der Waals surface area contributed by atoms with E-state index in [0.29, 0.717) is 22.3 Å². The lowest BCUT2D eigenvalue weighted by molar-refractivity contribution is -0.142. The number of aromatic nitrogens is 1. The quantitative estimate of drug-likeness (QED) is 0.334. The molecule has 0 spiro atoms. The van der Waals surface area contributed by atoms with Crippen molar-refractivity contribution in [3.63, 3.8) is 0 Å². The number of ketones is 2. The van der Waals surface area contributed by atoms with Crippen molar-refractivity contribution in [1.82, 2.24) is 4.98 Å². The van der Waals surface area contributed by atoms with Gasteiger partial charge in [0, 0.05) is 30.2 Å². The highest BCUT2D eigenvalue weighted by Gasteiger charge is 2.46. The number of halogens is 4. The first-order chi connectivity index (χ1) is 16.1. The van der Waals surface area contributed by atoms with Crippen molar-refractivity contribution in [3.8, 4) is 11.1 Å². The zero-order valence-corrected chi connectivity index (χ0v) is 18.3. The molecule has 4 nitrogen and oxygen atoms in total. The van der Waals surface area contributed by atoms with Crippen LogP contribution in [-0.4, -0.2) is 29.8 Å².